The minimum absolute atomic E-state index is 0.302. The molecule has 5 aromatic heterocycles. The number of sulfone groups is 3. The van der Waals surface area contributed by atoms with Crippen molar-refractivity contribution in [3.05, 3.63) is 289 Å². The van der Waals surface area contributed by atoms with Crippen LogP contribution in [-0.4, -0.2) is 161 Å². The van der Waals surface area contributed by atoms with Crippen LogP contribution >= 0.6 is 0 Å². The molecular weight excluding hydrogens is 1950 g/mol. The van der Waals surface area contributed by atoms with Gasteiger partial charge in [0.25, 0.3) is 0 Å². The summed E-state index contributed by atoms with van der Waals surface area (Å²) in [6, 6.07) is 69.8. The van der Waals surface area contributed by atoms with E-state index in [-0.39, 0.29) is 4.90 Å². The van der Waals surface area contributed by atoms with Gasteiger partial charge in [-0.25, -0.2) is 74.0 Å². The van der Waals surface area contributed by atoms with Gasteiger partial charge in [0.1, 0.15) is 94.3 Å². The van der Waals surface area contributed by atoms with E-state index in [4.69, 9.17) is 45.9 Å². The number of primary sulfonamides is 2. The highest BCUT2D eigenvalue weighted by molar-refractivity contribution is 7.91. The fraction of sp³-hybridized carbons (Fsp3) is 0.176. The summed E-state index contributed by atoms with van der Waals surface area (Å²) in [5, 5.41) is 30.5. The van der Waals surface area contributed by atoms with Gasteiger partial charge in [-0.15, -0.1) is 0 Å². The Labute approximate surface area is 783 Å². The Morgan fingerprint density at radius 1 is 0.328 bits per heavy atom. The second-order valence-electron chi connectivity index (χ2n) is 30.7. The quantitative estimate of drug-likeness (QED) is 0.0265. The summed E-state index contributed by atoms with van der Waals surface area (Å²) in [4.78, 5) is 1.02. The monoisotopic (exact) mass is 2030 g/mol. The van der Waals surface area contributed by atoms with Crippen molar-refractivity contribution in [3.8, 4) is 112 Å². The predicted octanol–water partition coefficient (Wildman–Crippen LogP) is 18.3. The van der Waals surface area contributed by atoms with E-state index in [1.165, 1.54) is 36.8 Å². The second-order valence-corrected chi connectivity index (χ2v) is 42.8. The van der Waals surface area contributed by atoms with Crippen LogP contribution in [0, 0.1) is 52.1 Å². The van der Waals surface area contributed by atoms with Crippen molar-refractivity contribution >= 4 is 81.2 Å². The lowest BCUT2D eigenvalue weighted by Crippen LogP contribution is -2.36. The summed E-state index contributed by atoms with van der Waals surface area (Å²) in [6.07, 6.45) is 3.43. The third-order valence-electron chi connectivity index (χ3n) is 19.5. The number of quaternary nitrogens is 1. The Kier molecular flexibility index (Phi) is 33.8. The highest BCUT2D eigenvalue weighted by Crippen LogP contribution is 2.44. The number of aromatic nitrogens is 5. The number of rotatable bonds is 18. The lowest BCUT2D eigenvalue weighted by molar-refractivity contribution is -0.0528. The van der Waals surface area contributed by atoms with Gasteiger partial charge < -0.3 is 32.1 Å². The number of benzene rings is 10. The number of nitrogens with two attached hydrogens (primary N) is 2. The van der Waals surface area contributed by atoms with Gasteiger partial charge in [-0.2, -0.15) is 34.8 Å². The van der Waals surface area contributed by atoms with Crippen LogP contribution in [0.3, 0.4) is 0 Å². The van der Waals surface area contributed by atoms with Crippen LogP contribution in [0.1, 0.15) is 28.8 Å². The Morgan fingerprint density at radius 3 is 0.737 bits per heavy atom. The molecule has 0 saturated carbocycles. The number of anilines is 1. The molecule has 0 aliphatic rings. The zero-order valence-electron chi connectivity index (χ0n) is 74.7. The molecule has 15 rings (SSSR count). The van der Waals surface area contributed by atoms with E-state index in [2.05, 4.69) is 30.0 Å². The average molecular weight is 2040 g/mol. The van der Waals surface area contributed by atoms with Crippen molar-refractivity contribution in [1.82, 2.24) is 30.3 Å². The molecule has 0 aliphatic heterocycles. The lowest BCUT2D eigenvalue weighted by Gasteiger charge is -2.26. The minimum Gasteiger partial charge on any atom is -0.741 e. The largest absolute Gasteiger partial charge is 0.741 e. The molecule has 10 aromatic carbocycles. The second kappa shape index (κ2) is 43.1. The SMILES string of the molecule is COS(=O)(=O)C(F)(F)F.Cc1onc(-c2ccccc2)c1-c1ccc(S(C)(=O)=O)c(F)c1.Cc1onc(-c2ccccc2)c1-c1ccc(S(C)(=O)=O)c(N(C)C)c1.Cc1onc(-c2ccccc2)c1-c1ccc(S(C)(=O)=O)c([N+](C)(C)C)c1.Cc1onc(-c2ccccc2)c1-c1ccc(S(N)(=O)=O)c(F)c1.Cc1onc(-c2ccccc2)c1-c1ccc(S(N)(=O)=O)c([18F])c1.O=S(=O)([O-])C(F)(F)F. The maximum Gasteiger partial charge on any atom is 0.523 e. The van der Waals surface area contributed by atoms with Gasteiger partial charge in [0.2, 0.25) is 20.0 Å². The van der Waals surface area contributed by atoms with Gasteiger partial charge in [-0.3, -0.25) is 8.67 Å². The summed E-state index contributed by atoms with van der Waals surface area (Å²) < 4.78 is 301. The van der Waals surface area contributed by atoms with Gasteiger partial charge in [0, 0.05) is 66.7 Å². The topological polar surface area (TPSA) is 457 Å². The van der Waals surface area contributed by atoms with Crippen molar-refractivity contribution in [2.75, 3.05) is 66.0 Å². The third-order valence-corrected chi connectivity index (χ3v) is 26.4. The molecule has 46 heteroatoms. The fourth-order valence-corrected chi connectivity index (χ4v) is 17.3. The standard InChI is InChI=1S/C20H23N2O3S.C19H20N2O3S.C17H14FNO3S.2C16H13FN2O3S.C2H3F3O3S.CHF3O3S/c1-14-19(20(21-25-14)15-9-7-6-8-10-15)16-11-12-18(26(5,23)24)17(13-16)22(2,3)4;1-13-18(19(20-24-13)14-8-6-5-7-9-14)15-10-11-17(25(4,22)23)16(12-15)21(2)3;1-11-16(17(19-22-11)12-6-4-3-5-7-12)13-8-9-15(14(18)10-13)23(2,20)21;2*1-10-15(16(19-22-10)11-5-3-2-4-6-11)12-7-8-14(13(17)9-12)23(18,20)21;1-8-9(6,7)2(3,4)5;2-1(3,4)8(5,6)7/h6-13H,1-5H3;5-12H,1-4H3;3-10H,1-2H3;2*2-9H,1H3,(H2,18,20,21);1H3;(H,5,6,7)/q+1;;;;;;/p-1/i;;;17-1;;;. The highest BCUT2D eigenvalue weighted by atomic mass is 32.2. The van der Waals surface area contributed by atoms with Gasteiger partial charge in [-0.1, -0.05) is 208 Å². The first kappa shape index (κ1) is 108. The molecule has 0 aliphatic carbocycles. The molecule has 726 valence electrons. The normalized spacial score (nSPS) is 12.0. The van der Waals surface area contributed by atoms with Crippen molar-refractivity contribution < 1.29 is 130 Å². The molecule has 0 unspecified atom stereocenters. The summed E-state index contributed by atoms with van der Waals surface area (Å²) in [7, 11) is -19.9. The number of nitrogens with zero attached hydrogens (tertiary/aromatic N) is 7. The van der Waals surface area contributed by atoms with Crippen LogP contribution < -0.4 is 19.7 Å². The summed E-state index contributed by atoms with van der Waals surface area (Å²) in [6.45, 7) is 8.87. The third kappa shape index (κ3) is 27.0. The van der Waals surface area contributed by atoms with Gasteiger partial charge in [0.05, 0.1) is 66.7 Å². The molecule has 5 heterocycles. The van der Waals surface area contributed by atoms with Gasteiger partial charge in [0.15, 0.2) is 45.3 Å². The first-order valence-corrected chi connectivity index (χ1v) is 51.0. The van der Waals surface area contributed by atoms with E-state index >= 15 is 0 Å². The molecule has 0 saturated heterocycles. The Balaban J connectivity index is 0.000000184. The van der Waals surface area contributed by atoms with Crippen LogP contribution in [0.25, 0.3) is 112 Å². The minimum atomic E-state index is -6.09. The number of halogens is 9. The highest BCUT2D eigenvalue weighted by Gasteiger charge is 2.46. The van der Waals surface area contributed by atoms with Crippen LogP contribution in [0.4, 0.5) is 50.9 Å². The van der Waals surface area contributed by atoms with Gasteiger partial charge in [-0.05, 0) is 117 Å². The maximum atomic E-state index is 14.2. The van der Waals surface area contributed by atoms with E-state index in [0.29, 0.717) is 106 Å². The zero-order chi connectivity index (χ0) is 102. The molecule has 30 nitrogen and oxygen atoms in total. The number of hydrogen-bond donors (Lipinski definition) is 2. The van der Waals surface area contributed by atoms with Crippen LogP contribution in [0.5, 0.6) is 0 Å². The van der Waals surface area contributed by atoms with E-state index in [0.717, 1.165) is 97.7 Å². The fourth-order valence-electron chi connectivity index (χ4n) is 13.2. The van der Waals surface area contributed by atoms with E-state index in [1.807, 2.05) is 219 Å². The van der Waals surface area contributed by atoms with Crippen molar-refractivity contribution in [3.63, 3.8) is 0 Å². The van der Waals surface area contributed by atoms with E-state index < -0.39 is 108 Å². The molecule has 0 radical (unpaired) electrons. The van der Waals surface area contributed by atoms with Crippen molar-refractivity contribution in [1.29, 1.82) is 0 Å². The van der Waals surface area contributed by atoms with Crippen molar-refractivity contribution in [2.45, 2.75) is 70.1 Å². The van der Waals surface area contributed by atoms with Crippen LogP contribution in [0.2, 0.25) is 0 Å². The van der Waals surface area contributed by atoms with E-state index in [1.54, 1.807) is 49.9 Å². The molecule has 0 fully saturated rings. The Bertz CT molecular complexity index is 7340. The van der Waals surface area contributed by atoms with Crippen LogP contribution in [-0.2, 0) is 74.0 Å². The van der Waals surface area contributed by atoms with Gasteiger partial charge >= 0.3 is 21.1 Å². The van der Waals surface area contributed by atoms with Crippen LogP contribution in [0.15, 0.2) is 290 Å². The first-order chi connectivity index (χ1) is 63.6. The molecular formula is C91H86F9N9O21S7. The molecule has 137 heavy (non-hydrogen) atoms. The molecule has 15 aromatic rings. The lowest BCUT2D eigenvalue weighted by atomic mass is 9.99. The average Bonchev–Trinajstić information content (AvgIpc) is 1.65. The molecule has 0 atom stereocenters. The Morgan fingerprint density at radius 2 is 0.547 bits per heavy atom. The smallest absolute Gasteiger partial charge is 0.523 e. The summed E-state index contributed by atoms with van der Waals surface area (Å²) >= 11 is 0. The molecule has 0 spiro atoms. The number of aryl methyl sites for hydroxylation is 5. The summed E-state index contributed by atoms with van der Waals surface area (Å²) in [5.74, 6) is 0.325. The number of hydrogen-bond acceptors (Lipinski definition) is 27. The zero-order valence-corrected chi connectivity index (χ0v) is 80.4. The van der Waals surface area contributed by atoms with Crippen molar-refractivity contribution in [2.24, 2.45) is 10.3 Å². The summed E-state index contributed by atoms with van der Waals surface area (Å²) in [5.41, 5.74) is 4.83. The molecule has 0 amide bonds. The number of alkyl halides is 6. The molecule has 0 bridgehead atoms. The maximum absolute atomic E-state index is 14.2. The molecule has 4 N–H and O–H groups in total. The first-order valence-electron chi connectivity index (χ1n) is 39.4. The van der Waals surface area contributed by atoms with E-state index in [9.17, 15) is 90.0 Å². The number of sulfonamides is 2. The Hall–Kier alpha value is -13.1. The predicted molar refractivity (Wildman–Crippen MR) is 494 cm³/mol.